The number of hydrogen-bond donors (Lipinski definition) is 2. The molecule has 7 heteroatoms. The van der Waals surface area contributed by atoms with Gasteiger partial charge >= 0.3 is 0 Å². The first-order chi connectivity index (χ1) is 14.5. The highest BCUT2D eigenvalue weighted by Gasteiger charge is 2.06. The zero-order chi connectivity index (χ0) is 21.3. The second-order valence-corrected chi connectivity index (χ2v) is 7.28. The molecule has 0 atom stereocenters. The number of nitrogens with one attached hydrogen (secondary N) is 2. The second kappa shape index (κ2) is 10.4. The van der Waals surface area contributed by atoms with Crippen LogP contribution in [-0.4, -0.2) is 18.0 Å². The van der Waals surface area contributed by atoms with Crippen LogP contribution in [0.25, 0.3) is 0 Å². The maximum atomic E-state index is 12.2. The van der Waals surface area contributed by atoms with Crippen LogP contribution < -0.4 is 15.5 Å². The highest BCUT2D eigenvalue weighted by Crippen LogP contribution is 2.26. The molecule has 0 aliphatic rings. The third-order valence-electron chi connectivity index (χ3n) is 4.02. The second-order valence-electron chi connectivity index (χ2n) is 6.43. The Morgan fingerprint density at radius 1 is 1.03 bits per heavy atom. The molecule has 152 valence electrons. The number of anilines is 1. The summed E-state index contributed by atoms with van der Waals surface area (Å²) in [5.41, 5.74) is 5.30. The third-order valence-corrected chi connectivity index (χ3v) is 4.64. The van der Waals surface area contributed by atoms with E-state index in [-0.39, 0.29) is 11.8 Å². The summed E-state index contributed by atoms with van der Waals surface area (Å²) in [7, 11) is 0. The van der Waals surface area contributed by atoms with E-state index in [9.17, 15) is 9.59 Å². The molecule has 3 rings (SSSR count). The van der Waals surface area contributed by atoms with Crippen molar-refractivity contribution in [1.82, 2.24) is 5.43 Å². The smallest absolute Gasteiger partial charge is 0.271 e. The van der Waals surface area contributed by atoms with Gasteiger partial charge in [-0.25, -0.2) is 5.43 Å². The van der Waals surface area contributed by atoms with Crippen molar-refractivity contribution in [2.75, 3.05) is 5.32 Å². The number of amides is 2. The Morgan fingerprint density at radius 3 is 2.57 bits per heavy atom. The summed E-state index contributed by atoms with van der Waals surface area (Å²) in [5, 5.41) is 6.64. The first kappa shape index (κ1) is 21.3. The normalized spacial score (nSPS) is 10.6. The first-order valence-electron chi connectivity index (χ1n) is 9.18. The minimum atomic E-state index is -0.375. The molecule has 0 aromatic heterocycles. The van der Waals surface area contributed by atoms with E-state index < -0.39 is 0 Å². The fourth-order valence-electron chi connectivity index (χ4n) is 2.62. The molecule has 0 spiro atoms. The van der Waals surface area contributed by atoms with Crippen LogP contribution >= 0.6 is 15.9 Å². The van der Waals surface area contributed by atoms with Crippen LogP contribution in [0.15, 0.2) is 82.4 Å². The standard InChI is InChI=1S/C23H20BrN3O3/c1-16(28)26-20-9-5-8-19(13-20)23(29)27-25-14-18-10-11-22(21(24)12-18)30-15-17-6-3-2-4-7-17/h2-14H,15H2,1H3,(H,26,28)(H,27,29). The summed E-state index contributed by atoms with van der Waals surface area (Å²) in [5.74, 6) is 0.141. The number of carbonyl (C=O) groups excluding carboxylic acids is 2. The number of hydrogen-bond acceptors (Lipinski definition) is 4. The van der Waals surface area contributed by atoms with Crippen molar-refractivity contribution in [3.63, 3.8) is 0 Å². The molecule has 0 saturated heterocycles. The molecule has 0 fully saturated rings. The molecule has 6 nitrogen and oxygen atoms in total. The molecule has 0 heterocycles. The molecular weight excluding hydrogens is 446 g/mol. The van der Waals surface area contributed by atoms with Crippen molar-refractivity contribution >= 4 is 39.6 Å². The van der Waals surface area contributed by atoms with Crippen molar-refractivity contribution in [3.05, 3.63) is 94.0 Å². The lowest BCUT2D eigenvalue weighted by Gasteiger charge is -2.09. The summed E-state index contributed by atoms with van der Waals surface area (Å²) in [6.45, 7) is 1.88. The van der Waals surface area contributed by atoms with Gasteiger partial charge in [-0.2, -0.15) is 5.10 Å². The molecule has 2 N–H and O–H groups in total. The Bertz CT molecular complexity index is 1070. The lowest BCUT2D eigenvalue weighted by molar-refractivity contribution is -0.114. The fraction of sp³-hybridized carbons (Fsp3) is 0.0870. The number of halogens is 1. The van der Waals surface area contributed by atoms with Gasteiger partial charge in [0.25, 0.3) is 5.91 Å². The van der Waals surface area contributed by atoms with E-state index >= 15 is 0 Å². The number of rotatable bonds is 7. The maximum absolute atomic E-state index is 12.2. The van der Waals surface area contributed by atoms with E-state index in [0.717, 1.165) is 21.3 Å². The summed E-state index contributed by atoms with van der Waals surface area (Å²) >= 11 is 3.50. The predicted octanol–water partition coefficient (Wildman–Crippen LogP) is 4.75. The maximum Gasteiger partial charge on any atom is 0.271 e. The van der Waals surface area contributed by atoms with E-state index in [0.29, 0.717) is 17.9 Å². The topological polar surface area (TPSA) is 79.8 Å². The van der Waals surface area contributed by atoms with Gasteiger partial charge in [0.2, 0.25) is 5.91 Å². The Hall–Kier alpha value is -3.45. The molecule has 2 amide bonds. The van der Waals surface area contributed by atoms with Gasteiger partial charge in [0.15, 0.2) is 0 Å². The van der Waals surface area contributed by atoms with Gasteiger partial charge in [0.1, 0.15) is 12.4 Å². The van der Waals surface area contributed by atoms with Crippen LogP contribution in [0.3, 0.4) is 0 Å². The van der Waals surface area contributed by atoms with Crippen molar-refractivity contribution in [3.8, 4) is 5.75 Å². The molecule has 0 aliphatic carbocycles. The van der Waals surface area contributed by atoms with Gasteiger partial charge in [0, 0.05) is 18.2 Å². The minimum Gasteiger partial charge on any atom is -0.488 e. The van der Waals surface area contributed by atoms with Crippen LogP contribution in [0, 0.1) is 0 Å². The van der Waals surface area contributed by atoms with Gasteiger partial charge in [-0.05, 0) is 63.5 Å². The molecule has 0 aliphatic heterocycles. The van der Waals surface area contributed by atoms with Crippen molar-refractivity contribution < 1.29 is 14.3 Å². The average Bonchev–Trinajstić information content (AvgIpc) is 2.73. The van der Waals surface area contributed by atoms with Gasteiger partial charge in [-0.1, -0.05) is 36.4 Å². The van der Waals surface area contributed by atoms with Crippen LogP contribution in [0.2, 0.25) is 0 Å². The SMILES string of the molecule is CC(=O)Nc1cccc(C(=O)NN=Cc2ccc(OCc3ccccc3)c(Br)c2)c1. The molecule has 0 saturated carbocycles. The Labute approximate surface area is 183 Å². The molecule has 0 bridgehead atoms. The summed E-state index contributed by atoms with van der Waals surface area (Å²) in [6, 6.07) is 22.1. The van der Waals surface area contributed by atoms with Gasteiger partial charge in [-0.15, -0.1) is 0 Å². The number of nitrogens with zero attached hydrogens (tertiary/aromatic N) is 1. The van der Waals surface area contributed by atoms with Crippen molar-refractivity contribution in [2.24, 2.45) is 5.10 Å². The Balaban J connectivity index is 1.57. The molecule has 3 aromatic carbocycles. The van der Waals surface area contributed by atoms with Crippen LogP contribution in [0.5, 0.6) is 5.75 Å². The molecule has 0 unspecified atom stereocenters. The third kappa shape index (κ3) is 6.28. The number of benzene rings is 3. The lowest BCUT2D eigenvalue weighted by atomic mass is 10.2. The van der Waals surface area contributed by atoms with Crippen molar-refractivity contribution in [2.45, 2.75) is 13.5 Å². The van der Waals surface area contributed by atoms with Crippen LogP contribution in [-0.2, 0) is 11.4 Å². The Kier molecular flexibility index (Phi) is 7.34. The van der Waals surface area contributed by atoms with E-state index in [1.807, 2.05) is 48.5 Å². The van der Waals surface area contributed by atoms with E-state index in [4.69, 9.17) is 4.74 Å². The van der Waals surface area contributed by atoms with Crippen LogP contribution in [0.1, 0.15) is 28.4 Å². The fourth-order valence-corrected chi connectivity index (χ4v) is 3.13. The van der Waals surface area contributed by atoms with E-state index in [1.165, 1.54) is 6.92 Å². The van der Waals surface area contributed by atoms with Gasteiger partial charge in [-0.3, -0.25) is 9.59 Å². The monoisotopic (exact) mass is 465 g/mol. The largest absolute Gasteiger partial charge is 0.488 e. The highest BCUT2D eigenvalue weighted by molar-refractivity contribution is 9.10. The summed E-state index contributed by atoms with van der Waals surface area (Å²) in [6.07, 6.45) is 1.54. The molecule has 0 radical (unpaired) electrons. The van der Waals surface area contributed by atoms with Crippen molar-refractivity contribution in [1.29, 1.82) is 0 Å². The van der Waals surface area contributed by atoms with Crippen LogP contribution in [0.4, 0.5) is 5.69 Å². The summed E-state index contributed by atoms with van der Waals surface area (Å²) < 4.78 is 6.61. The molecular formula is C23H20BrN3O3. The minimum absolute atomic E-state index is 0.202. The summed E-state index contributed by atoms with van der Waals surface area (Å²) in [4.78, 5) is 23.4. The number of ether oxygens (including phenoxy) is 1. The van der Waals surface area contributed by atoms with E-state index in [2.05, 4.69) is 31.8 Å². The molecule has 30 heavy (non-hydrogen) atoms. The number of carbonyl (C=O) groups is 2. The van der Waals surface area contributed by atoms with Gasteiger partial charge in [0.05, 0.1) is 10.7 Å². The average molecular weight is 466 g/mol. The molecule has 3 aromatic rings. The lowest BCUT2D eigenvalue weighted by Crippen LogP contribution is -2.18. The first-order valence-corrected chi connectivity index (χ1v) is 9.98. The highest BCUT2D eigenvalue weighted by atomic mass is 79.9. The van der Waals surface area contributed by atoms with E-state index in [1.54, 1.807) is 30.5 Å². The Morgan fingerprint density at radius 2 is 1.83 bits per heavy atom. The number of hydrazone groups is 1. The quantitative estimate of drug-likeness (QED) is 0.390. The zero-order valence-corrected chi connectivity index (χ0v) is 17.8. The zero-order valence-electron chi connectivity index (χ0n) is 16.3. The predicted molar refractivity (Wildman–Crippen MR) is 121 cm³/mol. The van der Waals surface area contributed by atoms with Gasteiger partial charge < -0.3 is 10.1 Å².